The van der Waals surface area contributed by atoms with Gasteiger partial charge in [-0.25, -0.2) is 9.59 Å². The van der Waals surface area contributed by atoms with Crippen LogP contribution in [-0.2, 0) is 9.59 Å². The van der Waals surface area contributed by atoms with Crippen molar-refractivity contribution < 1.29 is 142 Å². The zero-order valence-corrected chi connectivity index (χ0v) is 17.1. The summed E-state index contributed by atoms with van der Waals surface area (Å²) in [6.07, 6.45) is 0. The van der Waals surface area contributed by atoms with Crippen LogP contribution in [-0.4, -0.2) is 35.1 Å². The molecule has 2 N–H and O–H groups in total. The normalized spacial score (nSPS) is 6.80. The van der Waals surface area contributed by atoms with Crippen molar-refractivity contribution in [3.05, 3.63) is 35.4 Å². The van der Waals surface area contributed by atoms with Crippen molar-refractivity contribution in [2.24, 2.45) is 0 Å². The van der Waals surface area contributed by atoms with E-state index in [1.165, 1.54) is 18.2 Å². The van der Waals surface area contributed by atoms with Gasteiger partial charge in [-0.2, -0.15) is 0 Å². The number of rotatable bonds is 2. The second-order valence-corrected chi connectivity index (χ2v) is 2.38. The SMILES string of the molecule is O=C(O)c1cccc(C(=O)O)c1.O=C[O-].O=C[O-].[K+].[K+]. The molecule has 1 aromatic carbocycles. The fraction of sp³-hybridized carbons (Fsp3) is 0. The van der Waals surface area contributed by atoms with Gasteiger partial charge in [0.2, 0.25) is 0 Å². The van der Waals surface area contributed by atoms with E-state index < -0.39 is 24.9 Å². The zero-order chi connectivity index (χ0) is 14.6. The van der Waals surface area contributed by atoms with E-state index in [4.69, 9.17) is 30.0 Å². The molecule has 0 aliphatic carbocycles. The number of benzene rings is 1. The summed E-state index contributed by atoms with van der Waals surface area (Å²) in [7, 11) is 0. The molecule has 0 radical (unpaired) electrons. The number of hydrogen-bond acceptors (Lipinski definition) is 6. The molecule has 0 unspecified atom stereocenters. The molecule has 0 aromatic heterocycles. The molecule has 0 heterocycles. The van der Waals surface area contributed by atoms with Crippen molar-refractivity contribution >= 4 is 24.9 Å². The third-order valence-electron chi connectivity index (χ3n) is 1.36. The van der Waals surface area contributed by atoms with Gasteiger partial charge in [-0.15, -0.1) is 0 Å². The molecule has 1 rings (SSSR count). The van der Waals surface area contributed by atoms with E-state index in [1.807, 2.05) is 0 Å². The quantitative estimate of drug-likeness (QED) is 0.399. The molecule has 8 nitrogen and oxygen atoms in total. The second kappa shape index (κ2) is 19.4. The van der Waals surface area contributed by atoms with Gasteiger partial charge in [-0.1, -0.05) is 6.07 Å². The van der Waals surface area contributed by atoms with E-state index in [-0.39, 0.29) is 114 Å². The molecule has 0 spiro atoms. The molecule has 98 valence electrons. The minimum Gasteiger partial charge on any atom is -0.554 e. The van der Waals surface area contributed by atoms with Crippen molar-refractivity contribution in [3.8, 4) is 0 Å². The second-order valence-electron chi connectivity index (χ2n) is 2.38. The maximum absolute atomic E-state index is 10.4. The van der Waals surface area contributed by atoms with E-state index in [0.29, 0.717) is 0 Å². The maximum atomic E-state index is 10.4. The van der Waals surface area contributed by atoms with Crippen molar-refractivity contribution in [3.63, 3.8) is 0 Å². The predicted molar refractivity (Wildman–Crippen MR) is 52.5 cm³/mol. The molecule has 0 fully saturated rings. The fourth-order valence-electron chi connectivity index (χ4n) is 0.785. The number of carboxylic acid groups (broad SMARTS) is 4. The molecule has 1 aromatic rings. The number of carbonyl (C=O) groups excluding carboxylic acids is 2. The van der Waals surface area contributed by atoms with Crippen molar-refractivity contribution in [2.45, 2.75) is 0 Å². The molecule has 0 aliphatic heterocycles. The van der Waals surface area contributed by atoms with Gasteiger partial charge in [0.05, 0.1) is 11.1 Å². The van der Waals surface area contributed by atoms with Gasteiger partial charge in [0.15, 0.2) is 0 Å². The van der Waals surface area contributed by atoms with Gasteiger partial charge in [-0.05, 0) is 18.2 Å². The van der Waals surface area contributed by atoms with E-state index in [0.717, 1.165) is 6.07 Å². The first-order valence-electron chi connectivity index (χ1n) is 4.12. The number of hydrogen-bond donors (Lipinski definition) is 2. The van der Waals surface area contributed by atoms with Gasteiger partial charge in [-0.3, -0.25) is 0 Å². The Balaban J connectivity index is -0.000000139. The zero-order valence-electron chi connectivity index (χ0n) is 10.8. The van der Waals surface area contributed by atoms with Crippen LogP contribution in [0.25, 0.3) is 0 Å². The molecular formula is C10H8K2O8. The van der Waals surface area contributed by atoms with Crippen LogP contribution in [0.15, 0.2) is 24.3 Å². The Morgan fingerprint density at radius 1 is 0.900 bits per heavy atom. The van der Waals surface area contributed by atoms with Gasteiger partial charge in [0, 0.05) is 12.9 Å². The summed E-state index contributed by atoms with van der Waals surface area (Å²) in [5, 5.41) is 33.5. The number of carbonyl (C=O) groups is 4. The minimum atomic E-state index is -1.13. The molecule has 0 saturated heterocycles. The molecule has 0 atom stereocenters. The Hall–Kier alpha value is 0.373. The van der Waals surface area contributed by atoms with Crippen LogP contribution in [0.1, 0.15) is 20.7 Å². The summed E-state index contributed by atoms with van der Waals surface area (Å²) in [5.74, 6) is -2.25. The van der Waals surface area contributed by atoms with Crippen LogP contribution in [0.2, 0.25) is 0 Å². The monoisotopic (exact) mass is 334 g/mol. The van der Waals surface area contributed by atoms with Gasteiger partial charge >= 0.3 is 115 Å². The summed E-state index contributed by atoms with van der Waals surface area (Å²) in [4.78, 5) is 37.3. The Morgan fingerprint density at radius 3 is 1.35 bits per heavy atom. The fourth-order valence-corrected chi connectivity index (χ4v) is 0.785. The molecule has 20 heavy (non-hydrogen) atoms. The molecule has 0 bridgehead atoms. The third-order valence-corrected chi connectivity index (χ3v) is 1.36. The van der Waals surface area contributed by atoms with Crippen LogP contribution in [0.4, 0.5) is 0 Å². The summed E-state index contributed by atoms with van der Waals surface area (Å²) in [6, 6.07) is 5.20. The molecular weight excluding hydrogens is 326 g/mol. The summed E-state index contributed by atoms with van der Waals surface area (Å²) in [5.41, 5.74) is -0.0372. The van der Waals surface area contributed by atoms with Gasteiger partial charge < -0.3 is 30.0 Å². The van der Waals surface area contributed by atoms with Crippen molar-refractivity contribution in [1.29, 1.82) is 0 Å². The first kappa shape index (κ1) is 28.5. The Morgan fingerprint density at radius 2 is 1.15 bits per heavy atom. The first-order valence-corrected chi connectivity index (χ1v) is 4.12. The molecule has 10 heteroatoms. The van der Waals surface area contributed by atoms with Crippen LogP contribution >= 0.6 is 0 Å². The topological polar surface area (TPSA) is 155 Å². The van der Waals surface area contributed by atoms with E-state index in [1.54, 1.807) is 0 Å². The predicted octanol–water partition coefficient (Wildman–Crippen LogP) is -8.18. The van der Waals surface area contributed by atoms with E-state index >= 15 is 0 Å². The van der Waals surface area contributed by atoms with E-state index in [2.05, 4.69) is 0 Å². The minimum absolute atomic E-state index is 0. The maximum Gasteiger partial charge on any atom is 1.00 e. The van der Waals surface area contributed by atoms with Crippen LogP contribution in [0, 0.1) is 0 Å². The average molecular weight is 334 g/mol. The summed E-state index contributed by atoms with van der Waals surface area (Å²) >= 11 is 0. The van der Waals surface area contributed by atoms with Crippen LogP contribution in [0.3, 0.4) is 0 Å². The molecule has 0 amide bonds. The average Bonchev–Trinajstić information content (AvgIpc) is 2.31. The van der Waals surface area contributed by atoms with Gasteiger partial charge in [0.1, 0.15) is 0 Å². The Kier molecular flexibility index (Phi) is 27.6. The van der Waals surface area contributed by atoms with Crippen molar-refractivity contribution in [2.75, 3.05) is 0 Å². The Labute approximate surface area is 199 Å². The number of aromatic carboxylic acids is 2. The summed E-state index contributed by atoms with van der Waals surface area (Å²) < 4.78 is 0. The Bertz CT molecular complexity index is 386. The summed E-state index contributed by atoms with van der Waals surface area (Å²) in [6.45, 7) is -1.00. The largest absolute Gasteiger partial charge is 1.00 e. The van der Waals surface area contributed by atoms with Crippen molar-refractivity contribution in [1.82, 2.24) is 0 Å². The van der Waals surface area contributed by atoms with Crippen LogP contribution < -0.4 is 113 Å². The smallest absolute Gasteiger partial charge is 0.554 e. The van der Waals surface area contributed by atoms with E-state index in [9.17, 15) is 9.59 Å². The van der Waals surface area contributed by atoms with Gasteiger partial charge in [0.25, 0.3) is 0 Å². The third kappa shape index (κ3) is 16.4. The van der Waals surface area contributed by atoms with Crippen LogP contribution in [0.5, 0.6) is 0 Å². The number of carboxylic acids is 2. The standard InChI is InChI=1S/C8H6O4.2CH2O2.2K/c9-7(10)5-2-1-3-6(4-5)8(11)12;2*2-1-3;;/h1-4H,(H,9,10)(H,11,12);2*1H,(H,2,3);;/q;;;2*+1/p-2. The molecule has 0 saturated carbocycles. The molecule has 0 aliphatic rings. The first-order chi connectivity index (χ1) is 8.44.